The average Bonchev–Trinajstić information content (AvgIpc) is 2.94. The summed E-state index contributed by atoms with van der Waals surface area (Å²) in [6.07, 6.45) is -0.654. The van der Waals surface area contributed by atoms with Crippen LogP contribution in [0, 0.1) is 0 Å². The number of carbonyl (C=O) groups excluding carboxylic acids is 2. The molecule has 0 fully saturated rings. The van der Waals surface area contributed by atoms with Crippen LogP contribution in [0.25, 0.3) is 0 Å². The van der Waals surface area contributed by atoms with Crippen molar-refractivity contribution in [1.29, 1.82) is 0 Å². The van der Waals surface area contributed by atoms with Gasteiger partial charge in [0, 0.05) is 10.4 Å². The van der Waals surface area contributed by atoms with Gasteiger partial charge in [-0.15, -0.1) is 11.3 Å². The smallest absolute Gasteiger partial charge is 0.311 e. The van der Waals surface area contributed by atoms with Crippen LogP contribution < -0.4 is 10.1 Å². The molecule has 0 aliphatic rings. The molecule has 0 bridgehead atoms. The van der Waals surface area contributed by atoms with Crippen LogP contribution in [0.1, 0.15) is 12.6 Å². The Labute approximate surface area is 142 Å². The maximum Gasteiger partial charge on any atom is 0.311 e. The Balaban J connectivity index is 1.92. The summed E-state index contributed by atoms with van der Waals surface area (Å²) >= 11 is 7.10. The number of ether oxygens (including phenoxy) is 2. The molecule has 0 spiro atoms. The van der Waals surface area contributed by atoms with E-state index < -0.39 is 6.10 Å². The molecule has 1 atom stereocenters. The minimum Gasteiger partial charge on any atom is -0.481 e. The number of amides is 1. The number of halogens is 1. The van der Waals surface area contributed by atoms with Crippen LogP contribution in [0.5, 0.6) is 5.75 Å². The third kappa shape index (κ3) is 5.22. The average molecular weight is 355 g/mol. The number of esters is 1. The molecule has 2 aromatic rings. The molecule has 0 saturated carbocycles. The highest BCUT2D eigenvalue weighted by molar-refractivity contribution is 7.13. The zero-order valence-corrected chi connectivity index (χ0v) is 14.1. The van der Waals surface area contributed by atoms with Gasteiger partial charge in [0.25, 0.3) is 5.91 Å². The molecule has 1 heterocycles. The van der Waals surface area contributed by atoms with E-state index in [4.69, 9.17) is 16.3 Å². The van der Waals surface area contributed by atoms with Gasteiger partial charge < -0.3 is 9.47 Å². The fourth-order valence-corrected chi connectivity index (χ4v) is 2.56. The molecule has 1 aromatic carbocycles. The van der Waals surface area contributed by atoms with E-state index in [-0.39, 0.29) is 18.3 Å². The fraction of sp³-hybridized carbons (Fsp3) is 0.267. The number of aromatic nitrogens is 1. The van der Waals surface area contributed by atoms with Crippen molar-refractivity contribution in [3.63, 3.8) is 0 Å². The van der Waals surface area contributed by atoms with Crippen LogP contribution in [0.4, 0.5) is 5.13 Å². The van der Waals surface area contributed by atoms with Gasteiger partial charge in [0.2, 0.25) is 0 Å². The van der Waals surface area contributed by atoms with Crippen molar-refractivity contribution in [2.45, 2.75) is 19.4 Å². The van der Waals surface area contributed by atoms with Crippen LogP contribution in [-0.4, -0.2) is 30.1 Å². The van der Waals surface area contributed by atoms with Gasteiger partial charge in [-0.05, 0) is 25.1 Å². The summed E-state index contributed by atoms with van der Waals surface area (Å²) in [5.74, 6) is -0.222. The number of carbonyl (C=O) groups is 2. The number of rotatable bonds is 6. The van der Waals surface area contributed by atoms with Crippen LogP contribution >= 0.6 is 22.9 Å². The van der Waals surface area contributed by atoms with Crippen LogP contribution in [0.15, 0.2) is 29.6 Å². The lowest BCUT2D eigenvalue weighted by molar-refractivity contribution is -0.139. The van der Waals surface area contributed by atoms with Gasteiger partial charge in [0.1, 0.15) is 5.75 Å². The van der Waals surface area contributed by atoms with E-state index >= 15 is 0 Å². The Morgan fingerprint density at radius 2 is 2.22 bits per heavy atom. The number of hydrogen-bond acceptors (Lipinski definition) is 6. The van der Waals surface area contributed by atoms with Gasteiger partial charge in [-0.3, -0.25) is 14.9 Å². The number of nitrogens with zero attached hydrogens (tertiary/aromatic N) is 1. The van der Waals surface area contributed by atoms with Crippen molar-refractivity contribution in [2.24, 2.45) is 0 Å². The molecule has 8 heteroatoms. The Morgan fingerprint density at radius 3 is 2.91 bits per heavy atom. The van der Waals surface area contributed by atoms with E-state index in [0.29, 0.717) is 21.6 Å². The van der Waals surface area contributed by atoms with Crippen LogP contribution in [0.3, 0.4) is 0 Å². The van der Waals surface area contributed by atoms with Crippen LogP contribution in [0.2, 0.25) is 5.02 Å². The molecule has 1 unspecified atom stereocenters. The molecular weight excluding hydrogens is 340 g/mol. The lowest BCUT2D eigenvalue weighted by atomic mass is 10.3. The van der Waals surface area contributed by atoms with Crippen molar-refractivity contribution in [3.05, 3.63) is 40.4 Å². The van der Waals surface area contributed by atoms with E-state index in [9.17, 15) is 9.59 Å². The van der Waals surface area contributed by atoms with E-state index in [0.717, 1.165) is 0 Å². The summed E-state index contributed by atoms with van der Waals surface area (Å²) in [6.45, 7) is 1.62. The summed E-state index contributed by atoms with van der Waals surface area (Å²) in [5.41, 5.74) is 0.542. The Morgan fingerprint density at radius 1 is 1.43 bits per heavy atom. The quantitative estimate of drug-likeness (QED) is 0.807. The highest BCUT2D eigenvalue weighted by Crippen LogP contribution is 2.20. The first kappa shape index (κ1) is 17.2. The van der Waals surface area contributed by atoms with Gasteiger partial charge >= 0.3 is 5.97 Å². The predicted octanol–water partition coefficient (Wildman–Crippen LogP) is 2.92. The number of hydrogen-bond donors (Lipinski definition) is 1. The monoisotopic (exact) mass is 354 g/mol. The first-order valence-corrected chi connectivity index (χ1v) is 7.98. The van der Waals surface area contributed by atoms with Gasteiger partial charge in [0.05, 0.1) is 19.2 Å². The third-order valence-corrected chi connectivity index (χ3v) is 3.85. The summed E-state index contributed by atoms with van der Waals surface area (Å²) in [5, 5.41) is 5.26. The Kier molecular flexibility index (Phi) is 5.95. The van der Waals surface area contributed by atoms with Crippen molar-refractivity contribution in [3.8, 4) is 5.75 Å². The highest BCUT2D eigenvalue weighted by atomic mass is 35.5. The second-order valence-corrected chi connectivity index (χ2v) is 5.90. The van der Waals surface area contributed by atoms with Crippen molar-refractivity contribution in [1.82, 2.24) is 4.98 Å². The standard InChI is InChI=1S/C15H15ClN2O4S/c1-9(22-12-5-3-4-10(16)6-12)14(20)18-15-17-11(8-23-15)7-13(19)21-2/h3-6,8-9H,7H2,1-2H3,(H,17,18,20). The summed E-state index contributed by atoms with van der Waals surface area (Å²) < 4.78 is 10.1. The number of methoxy groups -OCH3 is 1. The van der Waals surface area contributed by atoms with Crippen molar-refractivity contribution < 1.29 is 19.1 Å². The molecule has 1 aromatic heterocycles. The molecule has 2 rings (SSSR count). The second-order valence-electron chi connectivity index (χ2n) is 4.60. The van der Waals surface area contributed by atoms with E-state index in [2.05, 4.69) is 15.0 Å². The van der Waals surface area contributed by atoms with Crippen molar-refractivity contribution in [2.75, 3.05) is 12.4 Å². The van der Waals surface area contributed by atoms with Crippen LogP contribution in [-0.2, 0) is 20.7 Å². The molecule has 1 amide bonds. The maximum atomic E-state index is 12.1. The minimum absolute atomic E-state index is 0.0669. The Hall–Kier alpha value is -2.12. The summed E-state index contributed by atoms with van der Waals surface area (Å²) in [4.78, 5) is 27.4. The topological polar surface area (TPSA) is 77.5 Å². The van der Waals surface area contributed by atoms with Gasteiger partial charge in [-0.1, -0.05) is 17.7 Å². The third-order valence-electron chi connectivity index (χ3n) is 2.81. The van der Waals surface area contributed by atoms with Gasteiger partial charge in [-0.2, -0.15) is 0 Å². The normalized spacial score (nSPS) is 11.6. The highest BCUT2D eigenvalue weighted by Gasteiger charge is 2.17. The second kappa shape index (κ2) is 7.94. The van der Waals surface area contributed by atoms with Gasteiger partial charge in [-0.25, -0.2) is 4.98 Å². The molecule has 0 radical (unpaired) electrons. The molecule has 0 aliphatic carbocycles. The molecule has 122 valence electrons. The summed E-state index contributed by atoms with van der Waals surface area (Å²) in [7, 11) is 1.31. The lowest BCUT2D eigenvalue weighted by Crippen LogP contribution is -2.30. The minimum atomic E-state index is -0.721. The largest absolute Gasteiger partial charge is 0.481 e. The molecule has 1 N–H and O–H groups in total. The molecule has 6 nitrogen and oxygen atoms in total. The van der Waals surface area contributed by atoms with E-state index in [1.54, 1.807) is 36.6 Å². The van der Waals surface area contributed by atoms with E-state index in [1.807, 2.05) is 0 Å². The fourth-order valence-electron chi connectivity index (χ4n) is 1.67. The maximum absolute atomic E-state index is 12.1. The van der Waals surface area contributed by atoms with Crippen molar-refractivity contribution >= 4 is 39.9 Å². The number of thiazole rings is 1. The lowest BCUT2D eigenvalue weighted by Gasteiger charge is -2.13. The number of nitrogens with one attached hydrogen (secondary N) is 1. The predicted molar refractivity (Wildman–Crippen MR) is 88.0 cm³/mol. The zero-order chi connectivity index (χ0) is 16.8. The molecule has 0 aliphatic heterocycles. The SMILES string of the molecule is COC(=O)Cc1csc(NC(=O)C(C)Oc2cccc(Cl)c2)n1. The summed E-state index contributed by atoms with van der Waals surface area (Å²) in [6, 6.07) is 6.80. The molecular formula is C15H15ClN2O4S. The zero-order valence-electron chi connectivity index (χ0n) is 12.5. The molecule has 23 heavy (non-hydrogen) atoms. The Bertz CT molecular complexity index is 704. The number of benzene rings is 1. The van der Waals surface area contributed by atoms with E-state index in [1.165, 1.54) is 18.4 Å². The van der Waals surface area contributed by atoms with Gasteiger partial charge in [0.15, 0.2) is 11.2 Å². The first-order valence-electron chi connectivity index (χ1n) is 6.72. The number of anilines is 1. The first-order chi connectivity index (χ1) is 11.0. The molecule has 0 saturated heterocycles.